The molecule has 0 radical (unpaired) electrons. The summed E-state index contributed by atoms with van der Waals surface area (Å²) in [4.78, 5) is 21.2. The summed E-state index contributed by atoms with van der Waals surface area (Å²) in [6.07, 6.45) is 1.81. The van der Waals surface area contributed by atoms with Crippen molar-refractivity contribution in [1.29, 1.82) is 0 Å². The highest BCUT2D eigenvalue weighted by Gasteiger charge is 2.22. The number of benzene rings is 2. The van der Waals surface area contributed by atoms with Gasteiger partial charge in [-0.3, -0.25) is 4.79 Å². The number of carbonyl (C=O) groups excluding carboxylic acids is 1. The zero-order valence-electron chi connectivity index (χ0n) is 16.2. The van der Waals surface area contributed by atoms with Gasteiger partial charge in [-0.15, -0.1) is 0 Å². The standard InChI is InChI=1S/C23H26N4O/c1-18(20-10-6-8-19-7-2-3-9-21(19)20)25-17-23(28)27-15-13-26(14-16-27)22-11-4-5-12-24-22/h2-12,18,25H,13-17H2,1H3/t18-/m0/s1. The first-order valence-corrected chi connectivity index (χ1v) is 9.87. The van der Waals surface area contributed by atoms with Gasteiger partial charge in [0.25, 0.3) is 0 Å². The number of carbonyl (C=O) groups is 1. The molecule has 144 valence electrons. The van der Waals surface area contributed by atoms with Gasteiger partial charge in [0.2, 0.25) is 5.91 Å². The van der Waals surface area contributed by atoms with Crippen LogP contribution in [0.3, 0.4) is 0 Å². The van der Waals surface area contributed by atoms with Crippen LogP contribution < -0.4 is 10.2 Å². The van der Waals surface area contributed by atoms with Gasteiger partial charge in [0.05, 0.1) is 6.54 Å². The molecule has 1 aliphatic heterocycles. The normalized spacial score (nSPS) is 15.6. The zero-order chi connectivity index (χ0) is 19.3. The Morgan fingerprint density at radius 3 is 2.54 bits per heavy atom. The quantitative estimate of drug-likeness (QED) is 0.745. The number of fused-ring (bicyclic) bond motifs is 1. The molecule has 3 aromatic rings. The summed E-state index contributed by atoms with van der Waals surface area (Å²) in [6.45, 7) is 5.59. The van der Waals surface area contributed by atoms with Crippen molar-refractivity contribution in [3.05, 3.63) is 72.4 Å². The molecule has 0 saturated carbocycles. The number of nitrogens with zero attached hydrogens (tertiary/aromatic N) is 3. The molecule has 5 nitrogen and oxygen atoms in total. The molecule has 1 atom stereocenters. The third-order valence-electron chi connectivity index (χ3n) is 5.45. The highest BCUT2D eigenvalue weighted by Crippen LogP contribution is 2.24. The van der Waals surface area contributed by atoms with E-state index in [-0.39, 0.29) is 11.9 Å². The predicted molar refractivity (Wildman–Crippen MR) is 113 cm³/mol. The maximum absolute atomic E-state index is 12.7. The fourth-order valence-electron chi connectivity index (χ4n) is 3.82. The van der Waals surface area contributed by atoms with Crippen molar-refractivity contribution in [3.8, 4) is 0 Å². The minimum Gasteiger partial charge on any atom is -0.353 e. The molecular formula is C23H26N4O. The third-order valence-corrected chi connectivity index (χ3v) is 5.45. The van der Waals surface area contributed by atoms with E-state index in [1.807, 2.05) is 29.3 Å². The number of pyridine rings is 1. The maximum atomic E-state index is 12.7. The van der Waals surface area contributed by atoms with Gasteiger partial charge in [0.15, 0.2) is 0 Å². The van der Waals surface area contributed by atoms with E-state index in [2.05, 4.69) is 64.6 Å². The Kier molecular flexibility index (Phi) is 5.53. The van der Waals surface area contributed by atoms with Crippen LogP contribution in [0.1, 0.15) is 18.5 Å². The average Bonchev–Trinajstić information content (AvgIpc) is 2.77. The predicted octanol–water partition coefficient (Wildman–Crippen LogP) is 3.23. The first-order valence-electron chi connectivity index (χ1n) is 9.87. The summed E-state index contributed by atoms with van der Waals surface area (Å²) in [7, 11) is 0. The van der Waals surface area contributed by atoms with Crippen molar-refractivity contribution < 1.29 is 4.79 Å². The molecule has 0 aliphatic carbocycles. The molecule has 4 rings (SSSR count). The zero-order valence-corrected chi connectivity index (χ0v) is 16.2. The molecule has 1 fully saturated rings. The summed E-state index contributed by atoms with van der Waals surface area (Å²) in [5.41, 5.74) is 1.23. The van der Waals surface area contributed by atoms with E-state index in [0.717, 1.165) is 32.0 Å². The Bertz CT molecular complexity index is 930. The highest BCUT2D eigenvalue weighted by atomic mass is 16.2. The second-order valence-corrected chi connectivity index (χ2v) is 7.23. The van der Waals surface area contributed by atoms with Crippen molar-refractivity contribution in [1.82, 2.24) is 15.2 Å². The van der Waals surface area contributed by atoms with Gasteiger partial charge < -0.3 is 15.1 Å². The van der Waals surface area contributed by atoms with E-state index < -0.39 is 0 Å². The number of anilines is 1. The molecule has 0 spiro atoms. The smallest absolute Gasteiger partial charge is 0.236 e. The van der Waals surface area contributed by atoms with Crippen LogP contribution in [0.15, 0.2) is 66.9 Å². The van der Waals surface area contributed by atoms with Crippen LogP contribution in [0.5, 0.6) is 0 Å². The largest absolute Gasteiger partial charge is 0.353 e. The number of rotatable bonds is 5. The molecule has 0 bridgehead atoms. The maximum Gasteiger partial charge on any atom is 0.236 e. The van der Waals surface area contributed by atoms with Crippen molar-refractivity contribution in [3.63, 3.8) is 0 Å². The van der Waals surface area contributed by atoms with Crippen LogP contribution in [0, 0.1) is 0 Å². The Hall–Kier alpha value is -2.92. The number of hydrogen-bond donors (Lipinski definition) is 1. The van der Waals surface area contributed by atoms with Gasteiger partial charge >= 0.3 is 0 Å². The van der Waals surface area contributed by atoms with Gasteiger partial charge in [-0.1, -0.05) is 48.5 Å². The molecular weight excluding hydrogens is 348 g/mol. The Morgan fingerprint density at radius 1 is 1.00 bits per heavy atom. The Morgan fingerprint density at radius 2 is 1.75 bits per heavy atom. The van der Waals surface area contributed by atoms with Crippen LogP contribution in [0.2, 0.25) is 0 Å². The molecule has 1 amide bonds. The van der Waals surface area contributed by atoms with Gasteiger partial charge in [-0.25, -0.2) is 4.98 Å². The molecule has 1 N–H and O–H groups in total. The van der Waals surface area contributed by atoms with Crippen molar-refractivity contribution in [2.75, 3.05) is 37.6 Å². The first kappa shape index (κ1) is 18.4. The second-order valence-electron chi connectivity index (χ2n) is 7.23. The van der Waals surface area contributed by atoms with Crippen molar-refractivity contribution >= 4 is 22.5 Å². The minimum absolute atomic E-state index is 0.116. The van der Waals surface area contributed by atoms with Crippen LogP contribution in [0.4, 0.5) is 5.82 Å². The highest BCUT2D eigenvalue weighted by molar-refractivity contribution is 5.86. The lowest BCUT2D eigenvalue weighted by atomic mass is 10.00. The molecule has 5 heteroatoms. The molecule has 28 heavy (non-hydrogen) atoms. The Labute approximate surface area is 166 Å². The lowest BCUT2D eigenvalue weighted by Gasteiger charge is -2.35. The number of amides is 1. The molecule has 2 heterocycles. The van der Waals surface area contributed by atoms with E-state index in [9.17, 15) is 4.79 Å². The molecule has 1 aromatic heterocycles. The number of aromatic nitrogens is 1. The van der Waals surface area contributed by atoms with E-state index in [1.54, 1.807) is 0 Å². The van der Waals surface area contributed by atoms with Crippen LogP contribution in [0.25, 0.3) is 10.8 Å². The summed E-state index contributed by atoms with van der Waals surface area (Å²) in [5, 5.41) is 5.88. The van der Waals surface area contributed by atoms with Gasteiger partial charge in [-0.2, -0.15) is 0 Å². The molecule has 2 aromatic carbocycles. The third kappa shape index (κ3) is 3.99. The minimum atomic E-state index is 0.116. The number of nitrogens with one attached hydrogen (secondary N) is 1. The lowest BCUT2D eigenvalue weighted by Crippen LogP contribution is -2.51. The monoisotopic (exact) mass is 374 g/mol. The SMILES string of the molecule is C[C@H](NCC(=O)N1CCN(c2ccccn2)CC1)c1cccc2ccccc12. The van der Waals surface area contributed by atoms with Crippen LogP contribution in [-0.2, 0) is 4.79 Å². The number of hydrogen-bond acceptors (Lipinski definition) is 4. The average molecular weight is 374 g/mol. The summed E-state index contributed by atoms with van der Waals surface area (Å²) < 4.78 is 0. The lowest BCUT2D eigenvalue weighted by molar-refractivity contribution is -0.130. The fourth-order valence-corrected chi connectivity index (χ4v) is 3.82. The van der Waals surface area contributed by atoms with E-state index in [1.165, 1.54) is 16.3 Å². The van der Waals surface area contributed by atoms with E-state index in [4.69, 9.17) is 0 Å². The van der Waals surface area contributed by atoms with Crippen LogP contribution in [-0.4, -0.2) is 48.5 Å². The van der Waals surface area contributed by atoms with Crippen molar-refractivity contribution in [2.45, 2.75) is 13.0 Å². The summed E-state index contributed by atoms with van der Waals surface area (Å²) in [6, 6.07) is 20.8. The molecule has 0 unspecified atom stereocenters. The van der Waals surface area contributed by atoms with E-state index in [0.29, 0.717) is 6.54 Å². The van der Waals surface area contributed by atoms with Gasteiger partial charge in [0, 0.05) is 38.4 Å². The molecule has 1 saturated heterocycles. The summed E-state index contributed by atoms with van der Waals surface area (Å²) in [5.74, 6) is 1.14. The van der Waals surface area contributed by atoms with Crippen LogP contribution >= 0.6 is 0 Å². The van der Waals surface area contributed by atoms with E-state index >= 15 is 0 Å². The van der Waals surface area contributed by atoms with Gasteiger partial charge in [-0.05, 0) is 35.4 Å². The Balaban J connectivity index is 1.32. The molecule has 1 aliphatic rings. The van der Waals surface area contributed by atoms with Crippen molar-refractivity contribution in [2.24, 2.45) is 0 Å². The first-order chi connectivity index (χ1) is 13.7. The van der Waals surface area contributed by atoms with Gasteiger partial charge in [0.1, 0.15) is 5.82 Å². The topological polar surface area (TPSA) is 48.5 Å². The summed E-state index contributed by atoms with van der Waals surface area (Å²) >= 11 is 0. The fraction of sp³-hybridized carbons (Fsp3) is 0.304. The number of piperazine rings is 1. The second kappa shape index (κ2) is 8.40.